The van der Waals surface area contributed by atoms with Crippen molar-refractivity contribution >= 4 is 0 Å². The van der Waals surface area contributed by atoms with Crippen molar-refractivity contribution < 1.29 is 99.2 Å². The summed E-state index contributed by atoms with van der Waals surface area (Å²) in [5.41, 5.74) is -1.33. The van der Waals surface area contributed by atoms with E-state index >= 15 is 0 Å². The van der Waals surface area contributed by atoms with Crippen molar-refractivity contribution in [3.8, 4) is 0 Å². The maximum Gasteiger partial charge on any atom is 0.187 e. The summed E-state index contributed by atoms with van der Waals surface area (Å²) in [4.78, 5) is 0. The maximum atomic E-state index is 12.8. The van der Waals surface area contributed by atoms with Gasteiger partial charge in [-0.05, 0) is 86.9 Å². The van der Waals surface area contributed by atoms with Crippen LogP contribution in [0.5, 0.6) is 0 Å². The summed E-state index contributed by atoms with van der Waals surface area (Å²) in [7, 11) is 0. The third-order valence-corrected chi connectivity index (χ3v) is 18.7. The molecule has 9 aliphatic rings. The molecule has 5 saturated heterocycles. The summed E-state index contributed by atoms with van der Waals surface area (Å²) >= 11 is 0. The smallest absolute Gasteiger partial charge is 0.187 e. The lowest BCUT2D eigenvalue weighted by Gasteiger charge is -2.62. The summed E-state index contributed by atoms with van der Waals surface area (Å²) in [5, 5.41) is 129. The Morgan fingerprint density at radius 1 is 0.569 bits per heavy atom. The first-order chi connectivity index (χ1) is 30.9. The molecule has 0 aromatic heterocycles. The van der Waals surface area contributed by atoms with E-state index in [1.54, 1.807) is 0 Å². The molecule has 0 radical (unpaired) electrons. The highest BCUT2D eigenvalue weighted by Crippen LogP contribution is 2.72. The van der Waals surface area contributed by atoms with E-state index in [-0.39, 0.29) is 41.5 Å². The van der Waals surface area contributed by atoms with Crippen molar-refractivity contribution in [1.29, 1.82) is 0 Å². The zero-order valence-electron chi connectivity index (χ0n) is 37.5. The van der Waals surface area contributed by atoms with Gasteiger partial charge in [-0.15, -0.1) is 0 Å². The summed E-state index contributed by atoms with van der Waals surface area (Å²) < 4.78 is 48.6. The third kappa shape index (κ3) is 7.80. The van der Waals surface area contributed by atoms with Gasteiger partial charge in [-0.3, -0.25) is 0 Å². The van der Waals surface area contributed by atoms with Gasteiger partial charge in [0.15, 0.2) is 24.7 Å². The molecule has 5 aliphatic heterocycles. The monoisotopic (exact) mass is 934 g/mol. The summed E-state index contributed by atoms with van der Waals surface area (Å²) in [6, 6.07) is 0. The van der Waals surface area contributed by atoms with Gasteiger partial charge in [0.25, 0.3) is 0 Å². The molecule has 0 bridgehead atoms. The SMILES string of the molecule is CC1C2(CCC(CO)CO2)OC2CC3C4CCC5CC(OC6OC(CO)C(OC7OC(CO)C(O)C(O)C7OC7OC(CO)C(O)C(O)C7O)C(O)C6O)CCC5(C)C4CCC3(C)C21O. The summed E-state index contributed by atoms with van der Waals surface area (Å²) in [6.45, 7) is 5.00. The lowest BCUT2D eigenvalue weighted by molar-refractivity contribution is -0.390. The Hall–Kier alpha value is -0.800. The fourth-order valence-corrected chi connectivity index (χ4v) is 14.7. The number of aliphatic hydroxyl groups excluding tert-OH is 11. The largest absolute Gasteiger partial charge is 0.396 e. The van der Waals surface area contributed by atoms with Gasteiger partial charge >= 0.3 is 0 Å². The predicted molar refractivity (Wildman–Crippen MR) is 218 cm³/mol. The summed E-state index contributed by atoms with van der Waals surface area (Å²) in [5.74, 6) is 0.535. The molecule has 20 nitrogen and oxygen atoms in total. The number of hydrogen-bond donors (Lipinski definition) is 12. The van der Waals surface area contributed by atoms with Crippen LogP contribution in [0.1, 0.15) is 85.0 Å². The van der Waals surface area contributed by atoms with E-state index in [0.29, 0.717) is 49.5 Å². The fourth-order valence-electron chi connectivity index (χ4n) is 14.7. The second-order valence-electron chi connectivity index (χ2n) is 21.6. The average molecular weight is 935 g/mol. The maximum absolute atomic E-state index is 12.8. The molecule has 9 fully saturated rings. The van der Waals surface area contributed by atoms with Gasteiger partial charge in [0.2, 0.25) is 0 Å². The first kappa shape index (κ1) is 49.2. The molecule has 0 aromatic rings. The number of ether oxygens (including phenoxy) is 8. The zero-order valence-corrected chi connectivity index (χ0v) is 37.5. The molecule has 1 spiro atoms. The second-order valence-corrected chi connectivity index (χ2v) is 21.6. The lowest BCUT2D eigenvalue weighted by atomic mass is 9.44. The number of rotatable bonds is 10. The normalized spacial score (nSPS) is 57.9. The van der Waals surface area contributed by atoms with E-state index < -0.39 is 123 Å². The Bertz CT molecular complexity index is 1630. The lowest BCUT2D eigenvalue weighted by Crippen LogP contribution is -2.67. The molecule has 374 valence electrons. The van der Waals surface area contributed by atoms with E-state index in [0.717, 1.165) is 44.9 Å². The van der Waals surface area contributed by atoms with E-state index in [2.05, 4.69) is 20.8 Å². The van der Waals surface area contributed by atoms with Crippen LogP contribution < -0.4 is 0 Å². The molecule has 0 aromatic carbocycles. The van der Waals surface area contributed by atoms with Crippen LogP contribution in [0.3, 0.4) is 0 Å². The topological polar surface area (TPSA) is 317 Å². The quantitative estimate of drug-likeness (QED) is 0.0996. The van der Waals surface area contributed by atoms with Crippen molar-refractivity contribution in [1.82, 2.24) is 0 Å². The van der Waals surface area contributed by atoms with Crippen LogP contribution in [0.4, 0.5) is 0 Å². The Morgan fingerprint density at radius 2 is 1.18 bits per heavy atom. The highest BCUT2D eigenvalue weighted by Gasteiger charge is 2.76. The highest BCUT2D eigenvalue weighted by atomic mass is 16.8. The summed E-state index contributed by atoms with van der Waals surface area (Å²) in [6.07, 6.45) is -17.2. The van der Waals surface area contributed by atoms with Crippen LogP contribution in [0, 0.1) is 46.3 Å². The van der Waals surface area contributed by atoms with E-state index in [1.165, 1.54) is 0 Å². The second kappa shape index (κ2) is 18.4. The van der Waals surface area contributed by atoms with Crippen molar-refractivity contribution in [2.24, 2.45) is 46.3 Å². The zero-order chi connectivity index (χ0) is 46.5. The Balaban J connectivity index is 0.837. The molecule has 4 saturated carbocycles. The van der Waals surface area contributed by atoms with Crippen molar-refractivity contribution in [2.45, 2.75) is 201 Å². The van der Waals surface area contributed by atoms with Gasteiger partial charge < -0.3 is 99.2 Å². The van der Waals surface area contributed by atoms with Crippen molar-refractivity contribution in [3.63, 3.8) is 0 Å². The van der Waals surface area contributed by atoms with Crippen LogP contribution in [-0.4, -0.2) is 210 Å². The highest BCUT2D eigenvalue weighted by molar-refractivity contribution is 5.23. The molecule has 20 heteroatoms. The predicted octanol–water partition coefficient (Wildman–Crippen LogP) is -2.65. The van der Waals surface area contributed by atoms with Crippen LogP contribution >= 0.6 is 0 Å². The van der Waals surface area contributed by atoms with Crippen LogP contribution in [0.15, 0.2) is 0 Å². The van der Waals surface area contributed by atoms with Crippen LogP contribution in [0.2, 0.25) is 0 Å². The molecule has 12 N–H and O–H groups in total. The van der Waals surface area contributed by atoms with Gasteiger partial charge in [0.1, 0.15) is 78.8 Å². The van der Waals surface area contributed by atoms with E-state index in [4.69, 9.17) is 37.9 Å². The first-order valence-electron chi connectivity index (χ1n) is 24.1. The average Bonchev–Trinajstić information content (AvgIpc) is 3.65. The van der Waals surface area contributed by atoms with Gasteiger partial charge in [-0.25, -0.2) is 0 Å². The van der Waals surface area contributed by atoms with Gasteiger partial charge in [0.05, 0.1) is 38.6 Å². The Morgan fingerprint density at radius 3 is 1.85 bits per heavy atom. The molecule has 27 unspecified atom stereocenters. The van der Waals surface area contributed by atoms with E-state index in [1.807, 2.05) is 0 Å². The minimum atomic E-state index is -1.90. The molecule has 9 rings (SSSR count). The minimum Gasteiger partial charge on any atom is -0.396 e. The molecule has 5 heterocycles. The van der Waals surface area contributed by atoms with Gasteiger partial charge in [0, 0.05) is 30.3 Å². The molecule has 27 atom stereocenters. The number of fused-ring (bicyclic) bond motifs is 7. The number of aliphatic hydroxyl groups is 12. The van der Waals surface area contributed by atoms with Crippen molar-refractivity contribution in [3.05, 3.63) is 0 Å². The Kier molecular flexibility index (Phi) is 13.9. The molecule has 4 aliphatic carbocycles. The fraction of sp³-hybridized carbons (Fsp3) is 1.00. The molecular weight excluding hydrogens is 860 g/mol. The minimum absolute atomic E-state index is 0.0147. The number of hydrogen-bond acceptors (Lipinski definition) is 20. The van der Waals surface area contributed by atoms with Crippen LogP contribution in [-0.2, 0) is 37.9 Å². The van der Waals surface area contributed by atoms with Crippen molar-refractivity contribution in [2.75, 3.05) is 33.0 Å². The van der Waals surface area contributed by atoms with Gasteiger partial charge in [-0.2, -0.15) is 0 Å². The standard InChI is InChI=1S/C45H74O20/c1-19-44(11-6-20(14-46)18-58-44)65-29-13-25-23-5-4-21-12-22(7-9-42(21,2)24(23)8-10-43(25,3)45(19,29)57)59-39-36(56)34(54)37(28(17-49)62-39)63-41-38(33(53)31(51)27(16-48)61-41)64-40-35(55)32(52)30(50)26(15-47)60-40/h19-41,46-57H,4-18H2,1-3H3. The van der Waals surface area contributed by atoms with E-state index in [9.17, 15) is 61.3 Å². The van der Waals surface area contributed by atoms with Gasteiger partial charge in [-0.1, -0.05) is 20.8 Å². The molecule has 0 amide bonds. The van der Waals surface area contributed by atoms with Crippen LogP contribution in [0.25, 0.3) is 0 Å². The molecular formula is C45H74O20. The third-order valence-electron chi connectivity index (χ3n) is 18.7. The first-order valence-corrected chi connectivity index (χ1v) is 24.1. The molecule has 65 heavy (non-hydrogen) atoms. The Labute approximate surface area is 378 Å².